The molecule has 0 unspecified atom stereocenters. The van der Waals surface area contributed by atoms with Gasteiger partial charge in [0.05, 0.1) is 13.0 Å². The summed E-state index contributed by atoms with van der Waals surface area (Å²) in [6, 6.07) is 11.5. The van der Waals surface area contributed by atoms with Crippen molar-refractivity contribution in [2.45, 2.75) is 25.4 Å². The molecule has 142 valence electrons. The first-order valence-corrected chi connectivity index (χ1v) is 8.24. The molecule has 0 N–H and O–H groups in total. The Balaban J connectivity index is 1.67. The fourth-order valence-electron chi connectivity index (χ4n) is 2.33. The third-order valence-corrected chi connectivity index (χ3v) is 3.70. The predicted molar refractivity (Wildman–Crippen MR) is 89.4 cm³/mol. The number of aryl methyl sites for hydroxylation is 1. The molecule has 2 aromatic rings. The number of hydrogen-bond donors (Lipinski definition) is 0. The van der Waals surface area contributed by atoms with Gasteiger partial charge in [-0.05, 0) is 6.42 Å². The molecule has 0 aliphatic carbocycles. The van der Waals surface area contributed by atoms with Gasteiger partial charge in [-0.1, -0.05) is 35.5 Å². The standard InChI is InChI=1S/C18H21F3N2O3/c1-23(17(24)9-11-25-13-18(19,20)21)10-5-8-15-12-16(22-26-15)14-6-3-2-4-7-14/h2-4,6-7,12H,5,8-11,13H2,1H3. The van der Waals surface area contributed by atoms with Crippen LogP contribution in [0, 0.1) is 0 Å². The highest BCUT2D eigenvalue weighted by atomic mass is 19.4. The van der Waals surface area contributed by atoms with Crippen LogP contribution in [0.5, 0.6) is 0 Å². The highest BCUT2D eigenvalue weighted by Crippen LogP contribution is 2.19. The summed E-state index contributed by atoms with van der Waals surface area (Å²) in [6.07, 6.45) is -3.17. The van der Waals surface area contributed by atoms with E-state index in [0.717, 1.165) is 17.0 Å². The third kappa shape index (κ3) is 6.87. The Morgan fingerprint density at radius 3 is 2.69 bits per heavy atom. The van der Waals surface area contributed by atoms with Gasteiger partial charge in [0.15, 0.2) is 0 Å². The Morgan fingerprint density at radius 2 is 2.00 bits per heavy atom. The topological polar surface area (TPSA) is 55.6 Å². The molecule has 0 aliphatic rings. The van der Waals surface area contributed by atoms with Gasteiger partial charge in [-0.15, -0.1) is 0 Å². The van der Waals surface area contributed by atoms with Crippen molar-refractivity contribution in [2.24, 2.45) is 0 Å². The summed E-state index contributed by atoms with van der Waals surface area (Å²) in [5.41, 5.74) is 1.72. The van der Waals surface area contributed by atoms with Crippen molar-refractivity contribution in [1.82, 2.24) is 10.1 Å². The van der Waals surface area contributed by atoms with E-state index in [-0.39, 0.29) is 18.9 Å². The number of halogens is 3. The molecule has 0 saturated carbocycles. The van der Waals surface area contributed by atoms with E-state index in [1.807, 2.05) is 36.4 Å². The Kier molecular flexibility index (Phi) is 7.20. The number of carbonyl (C=O) groups is 1. The highest BCUT2D eigenvalue weighted by Gasteiger charge is 2.27. The van der Waals surface area contributed by atoms with Crippen LogP contribution < -0.4 is 0 Å². The lowest BCUT2D eigenvalue weighted by Gasteiger charge is -2.16. The maximum atomic E-state index is 11.9. The zero-order valence-corrected chi connectivity index (χ0v) is 14.5. The zero-order valence-electron chi connectivity index (χ0n) is 14.5. The van der Waals surface area contributed by atoms with Crippen LogP contribution in [0.2, 0.25) is 0 Å². The molecule has 5 nitrogen and oxygen atoms in total. The van der Waals surface area contributed by atoms with Gasteiger partial charge in [0, 0.05) is 31.6 Å². The Morgan fingerprint density at radius 1 is 1.27 bits per heavy atom. The first-order valence-electron chi connectivity index (χ1n) is 8.24. The monoisotopic (exact) mass is 370 g/mol. The van der Waals surface area contributed by atoms with Crippen molar-refractivity contribution >= 4 is 5.91 Å². The molecule has 1 heterocycles. The van der Waals surface area contributed by atoms with E-state index in [1.165, 1.54) is 4.90 Å². The van der Waals surface area contributed by atoms with Crippen molar-refractivity contribution < 1.29 is 27.2 Å². The molecule has 0 fully saturated rings. The van der Waals surface area contributed by atoms with Gasteiger partial charge in [0.1, 0.15) is 18.1 Å². The SMILES string of the molecule is CN(CCCc1cc(-c2ccccc2)no1)C(=O)CCOCC(F)(F)F. The highest BCUT2D eigenvalue weighted by molar-refractivity contribution is 5.75. The molecule has 1 amide bonds. The zero-order chi connectivity index (χ0) is 19.0. The molecule has 8 heteroatoms. The van der Waals surface area contributed by atoms with Crippen LogP contribution in [0.3, 0.4) is 0 Å². The number of amides is 1. The minimum atomic E-state index is -4.37. The van der Waals surface area contributed by atoms with Gasteiger partial charge in [-0.25, -0.2) is 0 Å². The van der Waals surface area contributed by atoms with Gasteiger partial charge in [0.25, 0.3) is 0 Å². The third-order valence-electron chi connectivity index (χ3n) is 3.70. The van der Waals surface area contributed by atoms with Crippen LogP contribution in [0.15, 0.2) is 40.9 Å². The molecule has 2 rings (SSSR count). The molecule has 0 radical (unpaired) electrons. The quantitative estimate of drug-likeness (QED) is 0.632. The fraction of sp³-hybridized carbons (Fsp3) is 0.444. The van der Waals surface area contributed by atoms with Crippen LogP contribution in [0.1, 0.15) is 18.6 Å². The molecule has 0 spiro atoms. The van der Waals surface area contributed by atoms with E-state index in [2.05, 4.69) is 9.89 Å². The summed E-state index contributed by atoms with van der Waals surface area (Å²) in [5.74, 6) is 0.466. The van der Waals surface area contributed by atoms with Crippen LogP contribution in [0.25, 0.3) is 11.3 Å². The first-order chi connectivity index (χ1) is 12.3. The fourth-order valence-corrected chi connectivity index (χ4v) is 2.33. The van der Waals surface area contributed by atoms with E-state index in [0.29, 0.717) is 19.4 Å². The normalized spacial score (nSPS) is 11.5. The van der Waals surface area contributed by atoms with E-state index in [4.69, 9.17) is 4.52 Å². The molecular weight excluding hydrogens is 349 g/mol. The molecule has 26 heavy (non-hydrogen) atoms. The molecule has 1 aromatic carbocycles. The number of benzene rings is 1. The van der Waals surface area contributed by atoms with E-state index < -0.39 is 12.8 Å². The van der Waals surface area contributed by atoms with Crippen molar-refractivity contribution in [1.29, 1.82) is 0 Å². The van der Waals surface area contributed by atoms with Crippen LogP contribution in [-0.2, 0) is 16.0 Å². The van der Waals surface area contributed by atoms with Crippen LogP contribution >= 0.6 is 0 Å². The van der Waals surface area contributed by atoms with Crippen molar-refractivity contribution in [3.63, 3.8) is 0 Å². The van der Waals surface area contributed by atoms with Gasteiger partial charge >= 0.3 is 6.18 Å². The molecule has 0 atom stereocenters. The molecule has 0 bridgehead atoms. The summed E-state index contributed by atoms with van der Waals surface area (Å²) in [7, 11) is 1.61. The maximum absolute atomic E-state index is 11.9. The Bertz CT molecular complexity index is 686. The smallest absolute Gasteiger partial charge is 0.372 e. The second-order valence-corrected chi connectivity index (χ2v) is 5.88. The number of nitrogens with zero attached hydrogens (tertiary/aromatic N) is 2. The maximum Gasteiger partial charge on any atom is 0.411 e. The summed E-state index contributed by atoms with van der Waals surface area (Å²) < 4.78 is 45.6. The number of aromatic nitrogens is 1. The lowest BCUT2D eigenvalue weighted by molar-refractivity contribution is -0.175. The largest absolute Gasteiger partial charge is 0.411 e. The summed E-state index contributed by atoms with van der Waals surface area (Å²) >= 11 is 0. The molecule has 1 aromatic heterocycles. The lowest BCUT2D eigenvalue weighted by atomic mass is 10.1. The molecule has 0 aliphatic heterocycles. The number of hydrogen-bond acceptors (Lipinski definition) is 4. The average Bonchev–Trinajstić information content (AvgIpc) is 3.07. The summed E-state index contributed by atoms with van der Waals surface area (Å²) in [4.78, 5) is 13.3. The van der Waals surface area contributed by atoms with Crippen LogP contribution in [-0.4, -0.2) is 48.9 Å². The van der Waals surface area contributed by atoms with Crippen molar-refractivity contribution in [3.8, 4) is 11.3 Å². The number of alkyl halides is 3. The first kappa shape index (κ1) is 20.0. The van der Waals surface area contributed by atoms with E-state index in [1.54, 1.807) is 7.05 Å². The summed E-state index contributed by atoms with van der Waals surface area (Å²) in [5, 5.41) is 4.03. The lowest BCUT2D eigenvalue weighted by Crippen LogP contribution is -2.29. The summed E-state index contributed by atoms with van der Waals surface area (Å²) in [6.45, 7) is -1.11. The van der Waals surface area contributed by atoms with Gasteiger partial charge in [0.2, 0.25) is 5.91 Å². The second-order valence-electron chi connectivity index (χ2n) is 5.88. The minimum Gasteiger partial charge on any atom is -0.372 e. The Labute approximate surface area is 149 Å². The van der Waals surface area contributed by atoms with Gasteiger partial charge in [-0.2, -0.15) is 13.2 Å². The minimum absolute atomic E-state index is 0.0763. The average molecular weight is 370 g/mol. The van der Waals surface area contributed by atoms with Gasteiger partial charge in [-0.3, -0.25) is 4.79 Å². The van der Waals surface area contributed by atoms with Gasteiger partial charge < -0.3 is 14.2 Å². The molecule has 0 saturated heterocycles. The van der Waals surface area contributed by atoms with Crippen molar-refractivity contribution in [2.75, 3.05) is 26.8 Å². The van der Waals surface area contributed by atoms with E-state index >= 15 is 0 Å². The molecular formula is C18H21F3N2O3. The number of ether oxygens (including phenoxy) is 1. The van der Waals surface area contributed by atoms with E-state index in [9.17, 15) is 18.0 Å². The number of carbonyl (C=O) groups excluding carboxylic acids is 1. The van der Waals surface area contributed by atoms with Crippen molar-refractivity contribution in [3.05, 3.63) is 42.2 Å². The van der Waals surface area contributed by atoms with Crippen LogP contribution in [0.4, 0.5) is 13.2 Å². The predicted octanol–water partition coefficient (Wildman–Crippen LogP) is 3.70. The number of rotatable bonds is 9. The second kappa shape index (κ2) is 9.38. The Hall–Kier alpha value is -2.35.